The first-order valence-corrected chi connectivity index (χ1v) is 7.96. The van der Waals surface area contributed by atoms with Gasteiger partial charge in [0, 0.05) is 20.0 Å². The van der Waals surface area contributed by atoms with Crippen LogP contribution in [-0.2, 0) is 24.2 Å². The van der Waals surface area contributed by atoms with Gasteiger partial charge >= 0.3 is 0 Å². The Kier molecular flexibility index (Phi) is 5.36. The maximum absolute atomic E-state index is 12.1. The Morgan fingerprint density at radius 1 is 1.10 bits per heavy atom. The maximum Gasteiger partial charge on any atom is 0.222 e. The van der Waals surface area contributed by atoms with E-state index in [1.165, 1.54) is 16.7 Å². The molecule has 0 saturated heterocycles. The molecule has 2 aromatic rings. The number of rotatable bonds is 6. The fraction of sp³-hybridized carbons (Fsp3) is 0.353. The Bertz CT molecular complexity index is 531. The molecule has 0 atom stereocenters. The first-order chi connectivity index (χ1) is 9.69. The number of nitrogens with zero attached hydrogens (tertiary/aromatic N) is 1. The maximum atomic E-state index is 12.1. The van der Waals surface area contributed by atoms with Gasteiger partial charge in [-0.25, -0.2) is 0 Å². The standard InChI is InChI=1S/C17H21NOS/c1-3-14-4-6-15(7-5-14)12-18(2)17(19)9-8-16-10-11-20-13-16/h4-7,10-11,13H,3,8-9,12H2,1-2H3. The second kappa shape index (κ2) is 7.25. The topological polar surface area (TPSA) is 20.3 Å². The van der Waals surface area contributed by atoms with Gasteiger partial charge in [-0.3, -0.25) is 4.79 Å². The van der Waals surface area contributed by atoms with Gasteiger partial charge in [-0.2, -0.15) is 11.3 Å². The highest BCUT2D eigenvalue weighted by atomic mass is 32.1. The molecule has 0 aliphatic rings. The van der Waals surface area contributed by atoms with Crippen LogP contribution in [0.3, 0.4) is 0 Å². The van der Waals surface area contributed by atoms with Crippen LogP contribution >= 0.6 is 11.3 Å². The van der Waals surface area contributed by atoms with E-state index in [4.69, 9.17) is 0 Å². The monoisotopic (exact) mass is 287 g/mol. The molecule has 0 saturated carbocycles. The molecule has 20 heavy (non-hydrogen) atoms. The lowest BCUT2D eigenvalue weighted by Crippen LogP contribution is -2.26. The third-order valence-electron chi connectivity index (χ3n) is 3.48. The first-order valence-electron chi connectivity index (χ1n) is 7.02. The van der Waals surface area contributed by atoms with Crippen LogP contribution in [0.4, 0.5) is 0 Å². The SMILES string of the molecule is CCc1ccc(CN(C)C(=O)CCc2ccsc2)cc1. The summed E-state index contributed by atoms with van der Waals surface area (Å²) in [6, 6.07) is 10.6. The molecule has 1 heterocycles. The zero-order valence-electron chi connectivity index (χ0n) is 12.1. The van der Waals surface area contributed by atoms with Crippen molar-refractivity contribution in [3.05, 3.63) is 57.8 Å². The van der Waals surface area contributed by atoms with Gasteiger partial charge in [0.15, 0.2) is 0 Å². The summed E-state index contributed by atoms with van der Waals surface area (Å²) in [5.74, 6) is 0.204. The first kappa shape index (κ1) is 14.8. The predicted molar refractivity (Wildman–Crippen MR) is 84.9 cm³/mol. The van der Waals surface area contributed by atoms with Gasteiger partial charge in [-0.15, -0.1) is 0 Å². The number of carbonyl (C=O) groups excluding carboxylic acids is 1. The van der Waals surface area contributed by atoms with Crippen molar-refractivity contribution in [1.82, 2.24) is 4.90 Å². The van der Waals surface area contributed by atoms with E-state index >= 15 is 0 Å². The molecule has 0 radical (unpaired) electrons. The molecule has 0 bridgehead atoms. The van der Waals surface area contributed by atoms with Gasteiger partial charge in [-0.1, -0.05) is 31.2 Å². The zero-order valence-corrected chi connectivity index (χ0v) is 13.0. The predicted octanol–water partition coefficient (Wildman–Crippen LogP) is 3.90. The average molecular weight is 287 g/mol. The van der Waals surface area contributed by atoms with Crippen LogP contribution in [0.1, 0.15) is 30.0 Å². The number of aryl methyl sites for hydroxylation is 2. The van der Waals surface area contributed by atoms with Crippen molar-refractivity contribution in [3.8, 4) is 0 Å². The summed E-state index contributed by atoms with van der Waals surface area (Å²) in [4.78, 5) is 13.9. The van der Waals surface area contributed by atoms with Crippen molar-refractivity contribution < 1.29 is 4.79 Å². The lowest BCUT2D eigenvalue weighted by atomic mass is 10.1. The summed E-state index contributed by atoms with van der Waals surface area (Å²) in [7, 11) is 1.88. The van der Waals surface area contributed by atoms with Crippen LogP contribution in [0.2, 0.25) is 0 Å². The highest BCUT2D eigenvalue weighted by Gasteiger charge is 2.09. The summed E-state index contributed by atoms with van der Waals surface area (Å²) in [6.45, 7) is 2.83. The van der Waals surface area contributed by atoms with Gasteiger partial charge in [0.25, 0.3) is 0 Å². The summed E-state index contributed by atoms with van der Waals surface area (Å²) in [6.07, 6.45) is 2.47. The third-order valence-corrected chi connectivity index (χ3v) is 4.22. The largest absolute Gasteiger partial charge is 0.341 e. The second-order valence-corrected chi connectivity index (χ2v) is 5.83. The highest BCUT2D eigenvalue weighted by molar-refractivity contribution is 7.07. The van der Waals surface area contributed by atoms with Crippen LogP contribution in [-0.4, -0.2) is 17.9 Å². The van der Waals surface area contributed by atoms with Crippen LogP contribution in [0, 0.1) is 0 Å². The summed E-state index contributed by atoms with van der Waals surface area (Å²) in [5.41, 5.74) is 3.78. The Balaban J connectivity index is 1.83. The molecule has 106 valence electrons. The molecule has 0 aliphatic carbocycles. The number of thiophene rings is 1. The van der Waals surface area contributed by atoms with Gasteiger partial charge in [0.2, 0.25) is 5.91 Å². The lowest BCUT2D eigenvalue weighted by Gasteiger charge is -2.17. The van der Waals surface area contributed by atoms with Gasteiger partial charge in [-0.05, 0) is 46.4 Å². The Labute approximate surface area is 125 Å². The fourth-order valence-electron chi connectivity index (χ4n) is 2.12. The molecular weight excluding hydrogens is 266 g/mol. The third kappa shape index (κ3) is 4.20. The van der Waals surface area contributed by atoms with E-state index in [0.29, 0.717) is 13.0 Å². The molecule has 3 heteroatoms. The molecule has 0 N–H and O–H groups in total. The van der Waals surface area contributed by atoms with Crippen LogP contribution in [0.15, 0.2) is 41.1 Å². The molecule has 0 fully saturated rings. The van der Waals surface area contributed by atoms with Gasteiger partial charge in [0.05, 0.1) is 0 Å². The molecule has 0 aliphatic heterocycles. The van der Waals surface area contributed by atoms with Crippen molar-refractivity contribution in [2.75, 3.05) is 7.05 Å². The minimum Gasteiger partial charge on any atom is -0.341 e. The number of amides is 1. The minimum atomic E-state index is 0.204. The van der Waals surface area contributed by atoms with Crippen LogP contribution < -0.4 is 0 Å². The highest BCUT2D eigenvalue weighted by Crippen LogP contribution is 2.11. The Hall–Kier alpha value is -1.61. The zero-order chi connectivity index (χ0) is 14.4. The van der Waals surface area contributed by atoms with Crippen LogP contribution in [0.25, 0.3) is 0 Å². The number of benzene rings is 1. The van der Waals surface area contributed by atoms with Gasteiger partial charge < -0.3 is 4.90 Å². The van der Waals surface area contributed by atoms with E-state index in [1.807, 2.05) is 11.9 Å². The molecule has 1 amide bonds. The summed E-state index contributed by atoms with van der Waals surface area (Å²) in [5, 5.41) is 4.16. The number of hydrogen-bond donors (Lipinski definition) is 0. The molecule has 1 aromatic heterocycles. The average Bonchev–Trinajstić information content (AvgIpc) is 2.98. The van der Waals surface area contributed by atoms with E-state index < -0.39 is 0 Å². The smallest absolute Gasteiger partial charge is 0.222 e. The van der Waals surface area contributed by atoms with Gasteiger partial charge in [0.1, 0.15) is 0 Å². The minimum absolute atomic E-state index is 0.204. The Morgan fingerprint density at radius 2 is 1.80 bits per heavy atom. The van der Waals surface area contributed by atoms with Crippen molar-refractivity contribution in [1.29, 1.82) is 0 Å². The number of carbonyl (C=O) groups is 1. The molecule has 0 unspecified atom stereocenters. The van der Waals surface area contributed by atoms with E-state index in [2.05, 4.69) is 48.0 Å². The molecular formula is C17H21NOS. The number of hydrogen-bond acceptors (Lipinski definition) is 2. The van der Waals surface area contributed by atoms with E-state index in [1.54, 1.807) is 11.3 Å². The molecule has 1 aromatic carbocycles. The van der Waals surface area contributed by atoms with Crippen molar-refractivity contribution in [2.24, 2.45) is 0 Å². The molecule has 2 nitrogen and oxygen atoms in total. The van der Waals surface area contributed by atoms with Crippen molar-refractivity contribution in [2.45, 2.75) is 32.7 Å². The summed E-state index contributed by atoms with van der Waals surface area (Å²) < 4.78 is 0. The van der Waals surface area contributed by atoms with Crippen LogP contribution in [0.5, 0.6) is 0 Å². The van der Waals surface area contributed by atoms with E-state index in [0.717, 1.165) is 12.8 Å². The molecule has 0 spiro atoms. The molecule has 2 rings (SSSR count). The lowest BCUT2D eigenvalue weighted by molar-refractivity contribution is -0.130. The normalized spacial score (nSPS) is 10.5. The van der Waals surface area contributed by atoms with Crippen molar-refractivity contribution in [3.63, 3.8) is 0 Å². The quantitative estimate of drug-likeness (QED) is 0.789. The fourth-order valence-corrected chi connectivity index (χ4v) is 2.82. The van der Waals surface area contributed by atoms with E-state index in [-0.39, 0.29) is 5.91 Å². The van der Waals surface area contributed by atoms with E-state index in [9.17, 15) is 4.79 Å². The summed E-state index contributed by atoms with van der Waals surface area (Å²) >= 11 is 1.68. The second-order valence-electron chi connectivity index (χ2n) is 5.05. The Morgan fingerprint density at radius 3 is 2.40 bits per heavy atom. The van der Waals surface area contributed by atoms with Crippen molar-refractivity contribution >= 4 is 17.2 Å².